The second kappa shape index (κ2) is 3.92. The van der Waals surface area contributed by atoms with E-state index in [-0.39, 0.29) is 0 Å². The van der Waals surface area contributed by atoms with Crippen LogP contribution in [0.1, 0.15) is 0 Å². The molecule has 0 unspecified atom stereocenters. The molecule has 3 aromatic heterocycles. The molecule has 0 radical (unpaired) electrons. The molecule has 0 saturated heterocycles. The lowest BCUT2D eigenvalue weighted by Gasteiger charge is -2.01. The van der Waals surface area contributed by atoms with Crippen LogP contribution in [0.5, 0.6) is 0 Å². The predicted octanol–water partition coefficient (Wildman–Crippen LogP) is 3.78. The van der Waals surface area contributed by atoms with Gasteiger partial charge in [0.25, 0.3) is 0 Å². The maximum absolute atomic E-state index is 4.73. The minimum atomic E-state index is 0.983. The van der Waals surface area contributed by atoms with Crippen LogP contribution in [-0.2, 0) is 0 Å². The Hall–Kier alpha value is -2.68. The molecule has 4 aromatic rings. The molecule has 1 N–H and O–H groups in total. The molecule has 0 amide bonds. The smallest absolute Gasteiger partial charge is 0.0731 e. The van der Waals surface area contributed by atoms with E-state index in [2.05, 4.69) is 28.2 Å². The second-order valence-electron chi connectivity index (χ2n) is 4.51. The number of nitrogens with zero attached hydrogens (tertiary/aromatic N) is 2. The van der Waals surface area contributed by atoms with Crippen LogP contribution in [0, 0.1) is 0 Å². The zero-order chi connectivity index (χ0) is 12.7. The van der Waals surface area contributed by atoms with E-state index in [4.69, 9.17) is 4.98 Å². The van der Waals surface area contributed by atoms with Gasteiger partial charge in [-0.3, -0.25) is 4.98 Å². The number of H-pyrrole nitrogens is 1. The Kier molecular flexibility index (Phi) is 2.12. The Balaban J connectivity index is 1.99. The molecule has 0 aliphatic carbocycles. The van der Waals surface area contributed by atoms with Crippen LogP contribution in [0.25, 0.3) is 33.1 Å². The molecule has 1 aromatic carbocycles. The number of aromatic nitrogens is 3. The normalized spacial score (nSPS) is 11.2. The van der Waals surface area contributed by atoms with Gasteiger partial charge in [-0.15, -0.1) is 0 Å². The largest absolute Gasteiger partial charge is 0.359 e. The fourth-order valence-corrected chi connectivity index (χ4v) is 2.40. The van der Waals surface area contributed by atoms with Gasteiger partial charge in [0.2, 0.25) is 0 Å². The van der Waals surface area contributed by atoms with E-state index in [0.717, 1.165) is 33.1 Å². The van der Waals surface area contributed by atoms with Gasteiger partial charge in [-0.1, -0.05) is 24.3 Å². The van der Waals surface area contributed by atoms with Crippen molar-refractivity contribution in [3.63, 3.8) is 0 Å². The van der Waals surface area contributed by atoms with Crippen LogP contribution in [0.3, 0.4) is 0 Å². The number of rotatable bonds is 1. The van der Waals surface area contributed by atoms with Crippen LogP contribution < -0.4 is 0 Å². The SMILES string of the molecule is c1ccc2nc(-c3c[nH]c4cnccc34)ccc2c1. The van der Waals surface area contributed by atoms with E-state index in [1.165, 1.54) is 0 Å². The van der Waals surface area contributed by atoms with Crippen molar-refractivity contribution in [3.8, 4) is 11.3 Å². The van der Waals surface area contributed by atoms with Gasteiger partial charge in [-0.2, -0.15) is 0 Å². The van der Waals surface area contributed by atoms with Crippen molar-refractivity contribution in [3.05, 3.63) is 61.1 Å². The molecule has 3 heteroatoms. The van der Waals surface area contributed by atoms with Gasteiger partial charge in [-0.25, -0.2) is 4.98 Å². The van der Waals surface area contributed by atoms with Gasteiger partial charge in [-0.05, 0) is 18.2 Å². The number of aromatic amines is 1. The van der Waals surface area contributed by atoms with Gasteiger partial charge in [0.1, 0.15) is 0 Å². The van der Waals surface area contributed by atoms with Crippen LogP contribution in [0.4, 0.5) is 0 Å². The minimum absolute atomic E-state index is 0.983. The van der Waals surface area contributed by atoms with E-state index >= 15 is 0 Å². The first kappa shape index (κ1) is 10.3. The molecule has 0 aliphatic heterocycles. The lowest BCUT2D eigenvalue weighted by Crippen LogP contribution is -1.84. The van der Waals surface area contributed by atoms with E-state index < -0.39 is 0 Å². The maximum Gasteiger partial charge on any atom is 0.0731 e. The molecule has 19 heavy (non-hydrogen) atoms. The Bertz CT molecular complexity index is 877. The Labute approximate surface area is 110 Å². The molecule has 3 heterocycles. The van der Waals surface area contributed by atoms with Crippen molar-refractivity contribution >= 4 is 21.8 Å². The van der Waals surface area contributed by atoms with Crippen LogP contribution >= 0.6 is 0 Å². The Morgan fingerprint density at radius 1 is 0.947 bits per heavy atom. The highest BCUT2D eigenvalue weighted by molar-refractivity contribution is 5.95. The second-order valence-corrected chi connectivity index (χ2v) is 4.51. The lowest BCUT2D eigenvalue weighted by atomic mass is 10.1. The van der Waals surface area contributed by atoms with E-state index in [0.29, 0.717) is 0 Å². The summed E-state index contributed by atoms with van der Waals surface area (Å²) in [5.74, 6) is 0. The zero-order valence-corrected chi connectivity index (χ0v) is 10.2. The lowest BCUT2D eigenvalue weighted by molar-refractivity contribution is 1.34. The first-order valence-corrected chi connectivity index (χ1v) is 6.19. The molecular weight excluding hydrogens is 234 g/mol. The molecule has 0 spiro atoms. The number of benzene rings is 1. The van der Waals surface area contributed by atoms with Crippen molar-refractivity contribution < 1.29 is 0 Å². The molecule has 0 saturated carbocycles. The highest BCUT2D eigenvalue weighted by Gasteiger charge is 2.07. The highest BCUT2D eigenvalue weighted by atomic mass is 14.8. The number of nitrogens with one attached hydrogen (secondary N) is 1. The van der Waals surface area contributed by atoms with E-state index in [1.54, 1.807) is 6.20 Å². The van der Waals surface area contributed by atoms with E-state index in [1.807, 2.05) is 36.7 Å². The third kappa shape index (κ3) is 1.59. The van der Waals surface area contributed by atoms with Crippen LogP contribution in [0.15, 0.2) is 61.1 Å². The molecular formula is C16H11N3. The summed E-state index contributed by atoms with van der Waals surface area (Å²) in [5.41, 5.74) is 4.15. The third-order valence-corrected chi connectivity index (χ3v) is 3.36. The predicted molar refractivity (Wildman–Crippen MR) is 76.8 cm³/mol. The van der Waals surface area contributed by atoms with Crippen molar-refractivity contribution in [1.82, 2.24) is 15.0 Å². The highest BCUT2D eigenvalue weighted by Crippen LogP contribution is 2.27. The zero-order valence-electron chi connectivity index (χ0n) is 10.2. The summed E-state index contributed by atoms with van der Waals surface area (Å²) in [6.45, 7) is 0. The van der Waals surface area contributed by atoms with Crippen molar-refractivity contribution in [2.45, 2.75) is 0 Å². The number of hydrogen-bond acceptors (Lipinski definition) is 2. The van der Waals surface area contributed by atoms with Gasteiger partial charge in [0.15, 0.2) is 0 Å². The van der Waals surface area contributed by atoms with Crippen molar-refractivity contribution in [1.29, 1.82) is 0 Å². The van der Waals surface area contributed by atoms with Gasteiger partial charge >= 0.3 is 0 Å². The van der Waals surface area contributed by atoms with Crippen molar-refractivity contribution in [2.75, 3.05) is 0 Å². The standard InChI is InChI=1S/C16H11N3/c1-2-4-14-11(3-1)5-6-15(19-14)13-9-18-16-10-17-8-7-12(13)16/h1-10,18H. The summed E-state index contributed by atoms with van der Waals surface area (Å²) >= 11 is 0. The maximum atomic E-state index is 4.73. The van der Waals surface area contributed by atoms with Crippen LogP contribution in [-0.4, -0.2) is 15.0 Å². The third-order valence-electron chi connectivity index (χ3n) is 3.36. The summed E-state index contributed by atoms with van der Waals surface area (Å²) in [5, 5.41) is 2.31. The Morgan fingerprint density at radius 3 is 2.89 bits per heavy atom. The number of pyridine rings is 2. The van der Waals surface area contributed by atoms with E-state index in [9.17, 15) is 0 Å². The molecule has 0 aliphatic rings. The fraction of sp³-hybridized carbons (Fsp3) is 0. The van der Waals surface area contributed by atoms with Crippen LogP contribution in [0.2, 0.25) is 0 Å². The first-order chi connectivity index (χ1) is 9.42. The number of para-hydroxylation sites is 1. The molecule has 0 fully saturated rings. The molecule has 4 rings (SSSR count). The molecule has 3 nitrogen and oxygen atoms in total. The van der Waals surface area contributed by atoms with Gasteiger partial charge in [0, 0.05) is 28.7 Å². The number of fused-ring (bicyclic) bond motifs is 2. The van der Waals surface area contributed by atoms with Crippen molar-refractivity contribution in [2.24, 2.45) is 0 Å². The first-order valence-electron chi connectivity index (χ1n) is 6.19. The fourth-order valence-electron chi connectivity index (χ4n) is 2.40. The topological polar surface area (TPSA) is 41.6 Å². The summed E-state index contributed by atoms with van der Waals surface area (Å²) in [7, 11) is 0. The average Bonchev–Trinajstić information content (AvgIpc) is 2.91. The minimum Gasteiger partial charge on any atom is -0.359 e. The Morgan fingerprint density at radius 2 is 1.89 bits per heavy atom. The quantitative estimate of drug-likeness (QED) is 0.554. The summed E-state index contributed by atoms with van der Waals surface area (Å²) in [4.78, 5) is 12.1. The summed E-state index contributed by atoms with van der Waals surface area (Å²) < 4.78 is 0. The summed E-state index contributed by atoms with van der Waals surface area (Å²) in [6, 6.07) is 14.3. The summed E-state index contributed by atoms with van der Waals surface area (Å²) in [6.07, 6.45) is 5.63. The van der Waals surface area contributed by atoms with Gasteiger partial charge < -0.3 is 4.98 Å². The molecule has 0 atom stereocenters. The monoisotopic (exact) mass is 245 g/mol. The number of hydrogen-bond donors (Lipinski definition) is 1. The molecule has 0 bridgehead atoms. The van der Waals surface area contributed by atoms with Gasteiger partial charge in [0.05, 0.1) is 22.9 Å². The average molecular weight is 245 g/mol. The molecule has 90 valence electrons.